The summed E-state index contributed by atoms with van der Waals surface area (Å²) in [7, 11) is 2.02. The molecular weight excluding hydrogens is 376 g/mol. The Kier molecular flexibility index (Phi) is 6.58. The van der Waals surface area contributed by atoms with Crippen molar-refractivity contribution >= 4 is 5.91 Å². The lowest BCUT2D eigenvalue weighted by molar-refractivity contribution is -0.137. The SMILES string of the molecule is CC(C(=O)N1CCC(Cc2ccccc2)CC1)N(C)Cc1ccc2c(c1)OCCO2. The van der Waals surface area contributed by atoms with E-state index in [0.29, 0.717) is 25.7 Å². The molecule has 0 aromatic heterocycles. The van der Waals surface area contributed by atoms with Crippen LogP contribution in [0.25, 0.3) is 0 Å². The van der Waals surface area contributed by atoms with Crippen LogP contribution in [0.5, 0.6) is 11.5 Å². The lowest BCUT2D eigenvalue weighted by Gasteiger charge is -2.35. The summed E-state index contributed by atoms with van der Waals surface area (Å²) in [4.78, 5) is 17.2. The molecule has 2 aliphatic rings. The van der Waals surface area contributed by atoms with Gasteiger partial charge in [0.05, 0.1) is 6.04 Å². The number of amides is 1. The molecule has 4 rings (SSSR count). The van der Waals surface area contributed by atoms with Gasteiger partial charge in [0.1, 0.15) is 13.2 Å². The predicted octanol–water partition coefficient (Wildman–Crippen LogP) is 3.76. The lowest BCUT2D eigenvalue weighted by Crippen LogP contribution is -2.48. The molecule has 160 valence electrons. The second kappa shape index (κ2) is 9.52. The average molecular weight is 409 g/mol. The molecule has 0 bridgehead atoms. The maximum absolute atomic E-state index is 13.1. The summed E-state index contributed by atoms with van der Waals surface area (Å²) in [5, 5.41) is 0. The minimum absolute atomic E-state index is 0.149. The van der Waals surface area contributed by atoms with Gasteiger partial charge in [0.2, 0.25) is 5.91 Å². The van der Waals surface area contributed by atoms with E-state index >= 15 is 0 Å². The topological polar surface area (TPSA) is 42.0 Å². The molecule has 0 aliphatic carbocycles. The molecule has 30 heavy (non-hydrogen) atoms. The smallest absolute Gasteiger partial charge is 0.239 e. The van der Waals surface area contributed by atoms with Crippen molar-refractivity contribution in [2.45, 2.75) is 38.8 Å². The van der Waals surface area contributed by atoms with Crippen LogP contribution < -0.4 is 9.47 Å². The Hall–Kier alpha value is -2.53. The van der Waals surface area contributed by atoms with Gasteiger partial charge in [0.25, 0.3) is 0 Å². The highest BCUT2D eigenvalue weighted by Gasteiger charge is 2.28. The van der Waals surface area contributed by atoms with Crippen LogP contribution in [0.2, 0.25) is 0 Å². The summed E-state index contributed by atoms with van der Waals surface area (Å²) in [6.45, 7) is 5.61. The number of likely N-dealkylation sites (tertiary alicyclic amines) is 1. The van der Waals surface area contributed by atoms with Crippen molar-refractivity contribution in [3.05, 3.63) is 59.7 Å². The molecule has 1 unspecified atom stereocenters. The first-order valence-electron chi connectivity index (χ1n) is 11.0. The number of hydrogen-bond acceptors (Lipinski definition) is 4. The van der Waals surface area contributed by atoms with Crippen molar-refractivity contribution in [1.29, 1.82) is 0 Å². The predicted molar refractivity (Wildman–Crippen MR) is 118 cm³/mol. The first kappa shape index (κ1) is 20.7. The Bertz CT molecular complexity index is 847. The van der Waals surface area contributed by atoms with Crippen LogP contribution in [-0.4, -0.2) is 55.1 Å². The maximum Gasteiger partial charge on any atom is 0.239 e. The number of carbonyl (C=O) groups is 1. The van der Waals surface area contributed by atoms with E-state index in [2.05, 4.69) is 41.3 Å². The van der Waals surface area contributed by atoms with Gasteiger partial charge in [-0.1, -0.05) is 36.4 Å². The van der Waals surface area contributed by atoms with Gasteiger partial charge in [-0.2, -0.15) is 0 Å². The quantitative estimate of drug-likeness (QED) is 0.730. The van der Waals surface area contributed by atoms with Crippen LogP contribution in [0, 0.1) is 5.92 Å². The number of fused-ring (bicyclic) bond motifs is 1. The van der Waals surface area contributed by atoms with Crippen molar-refractivity contribution in [2.75, 3.05) is 33.4 Å². The van der Waals surface area contributed by atoms with Gasteiger partial charge >= 0.3 is 0 Å². The first-order chi connectivity index (χ1) is 14.6. The van der Waals surface area contributed by atoms with Crippen LogP contribution in [0.15, 0.2) is 48.5 Å². The highest BCUT2D eigenvalue weighted by Crippen LogP contribution is 2.31. The van der Waals surface area contributed by atoms with Crippen LogP contribution >= 0.6 is 0 Å². The molecule has 2 aliphatic heterocycles. The van der Waals surface area contributed by atoms with E-state index in [-0.39, 0.29) is 11.9 Å². The summed E-state index contributed by atoms with van der Waals surface area (Å²) in [5.74, 6) is 2.50. The van der Waals surface area contributed by atoms with Crippen molar-refractivity contribution < 1.29 is 14.3 Å². The normalized spacial score (nSPS) is 17.8. The Labute approximate surface area is 179 Å². The molecule has 0 radical (unpaired) electrons. The van der Waals surface area contributed by atoms with Gasteiger partial charge in [0, 0.05) is 19.6 Å². The highest BCUT2D eigenvalue weighted by molar-refractivity contribution is 5.81. The maximum atomic E-state index is 13.1. The summed E-state index contributed by atoms with van der Waals surface area (Å²) in [6.07, 6.45) is 3.28. The molecule has 2 aromatic rings. The molecule has 2 aromatic carbocycles. The molecule has 2 heterocycles. The van der Waals surface area contributed by atoms with E-state index in [4.69, 9.17) is 9.47 Å². The van der Waals surface area contributed by atoms with E-state index in [1.807, 2.05) is 31.0 Å². The Morgan fingerprint density at radius 2 is 1.73 bits per heavy atom. The largest absolute Gasteiger partial charge is 0.486 e. The highest BCUT2D eigenvalue weighted by atomic mass is 16.6. The third-order valence-corrected chi connectivity index (χ3v) is 6.35. The van der Waals surface area contributed by atoms with Gasteiger partial charge < -0.3 is 14.4 Å². The molecule has 0 saturated carbocycles. The number of benzene rings is 2. The molecule has 1 fully saturated rings. The number of ether oxygens (including phenoxy) is 2. The van der Waals surface area contributed by atoms with Gasteiger partial charge in [-0.3, -0.25) is 9.69 Å². The standard InChI is InChI=1S/C25H32N2O3/c1-19(26(2)18-22-8-9-23-24(17-22)30-15-14-29-23)25(28)27-12-10-21(11-13-27)16-20-6-4-3-5-7-20/h3-9,17,19,21H,10-16,18H2,1-2H3. The number of piperidine rings is 1. The lowest BCUT2D eigenvalue weighted by atomic mass is 9.90. The van der Waals surface area contributed by atoms with Gasteiger partial charge in [-0.15, -0.1) is 0 Å². The zero-order chi connectivity index (χ0) is 20.9. The van der Waals surface area contributed by atoms with Gasteiger partial charge in [-0.05, 0) is 62.4 Å². The third kappa shape index (κ3) is 4.96. The van der Waals surface area contributed by atoms with Crippen molar-refractivity contribution in [1.82, 2.24) is 9.80 Å². The number of carbonyl (C=O) groups excluding carboxylic acids is 1. The van der Waals surface area contributed by atoms with Crippen molar-refractivity contribution in [3.63, 3.8) is 0 Å². The van der Waals surface area contributed by atoms with E-state index in [1.54, 1.807) is 0 Å². The second-order valence-electron chi connectivity index (χ2n) is 8.53. The van der Waals surface area contributed by atoms with Crippen molar-refractivity contribution in [3.8, 4) is 11.5 Å². The van der Waals surface area contributed by atoms with E-state index in [9.17, 15) is 4.79 Å². The third-order valence-electron chi connectivity index (χ3n) is 6.35. The van der Waals surface area contributed by atoms with E-state index < -0.39 is 0 Å². The zero-order valence-electron chi connectivity index (χ0n) is 18.0. The number of hydrogen-bond donors (Lipinski definition) is 0. The molecule has 1 saturated heterocycles. The fourth-order valence-corrected chi connectivity index (χ4v) is 4.37. The number of nitrogens with zero attached hydrogens (tertiary/aromatic N) is 2. The van der Waals surface area contributed by atoms with Crippen molar-refractivity contribution in [2.24, 2.45) is 5.92 Å². The average Bonchev–Trinajstić information content (AvgIpc) is 2.79. The zero-order valence-corrected chi connectivity index (χ0v) is 18.0. The molecule has 5 heteroatoms. The first-order valence-corrected chi connectivity index (χ1v) is 11.0. The summed E-state index contributed by atoms with van der Waals surface area (Å²) in [5.41, 5.74) is 2.53. The minimum Gasteiger partial charge on any atom is -0.486 e. The van der Waals surface area contributed by atoms with E-state index in [1.165, 1.54) is 5.56 Å². The Morgan fingerprint density at radius 3 is 2.47 bits per heavy atom. The molecule has 1 atom stereocenters. The van der Waals surface area contributed by atoms with Crippen LogP contribution in [-0.2, 0) is 17.8 Å². The van der Waals surface area contributed by atoms with Crippen LogP contribution in [0.1, 0.15) is 30.9 Å². The number of likely N-dealkylation sites (N-methyl/N-ethyl adjacent to an activating group) is 1. The van der Waals surface area contributed by atoms with Crippen LogP contribution in [0.4, 0.5) is 0 Å². The summed E-state index contributed by atoms with van der Waals surface area (Å²) < 4.78 is 11.3. The summed E-state index contributed by atoms with van der Waals surface area (Å²) >= 11 is 0. The molecular formula is C25H32N2O3. The molecule has 0 N–H and O–H groups in total. The van der Waals surface area contributed by atoms with Gasteiger partial charge in [0.15, 0.2) is 11.5 Å². The number of rotatable bonds is 6. The molecule has 0 spiro atoms. The Morgan fingerprint density at radius 1 is 1.03 bits per heavy atom. The fraction of sp³-hybridized carbons (Fsp3) is 0.480. The fourth-order valence-electron chi connectivity index (χ4n) is 4.37. The molecule has 1 amide bonds. The monoisotopic (exact) mass is 408 g/mol. The van der Waals surface area contributed by atoms with Crippen LogP contribution in [0.3, 0.4) is 0 Å². The second-order valence-corrected chi connectivity index (χ2v) is 8.53. The summed E-state index contributed by atoms with van der Waals surface area (Å²) in [6, 6.07) is 16.6. The molecule has 5 nitrogen and oxygen atoms in total. The van der Waals surface area contributed by atoms with E-state index in [0.717, 1.165) is 49.4 Å². The Balaban J connectivity index is 1.28. The minimum atomic E-state index is -0.149. The van der Waals surface area contributed by atoms with Gasteiger partial charge in [-0.25, -0.2) is 0 Å².